The van der Waals surface area contributed by atoms with E-state index in [-0.39, 0.29) is 11.9 Å². The van der Waals surface area contributed by atoms with Crippen LogP contribution < -0.4 is 5.32 Å². The molecular weight excluding hydrogens is 363 g/mol. The lowest BCUT2D eigenvalue weighted by Gasteiger charge is -2.23. The van der Waals surface area contributed by atoms with Crippen molar-refractivity contribution in [2.45, 2.75) is 6.04 Å². The van der Waals surface area contributed by atoms with Crippen molar-refractivity contribution < 1.29 is 4.39 Å². The number of fused-ring (bicyclic) bond motifs is 1. The minimum Gasteiger partial charge on any atom is -0.367 e. The molecule has 4 aromatic rings. The fraction of sp³-hybridized carbons (Fsp3) is 0.211. The van der Waals surface area contributed by atoms with Gasteiger partial charge in [-0.2, -0.15) is 5.10 Å². The maximum Gasteiger partial charge on any atom is 0.168 e. The Labute approximate surface area is 160 Å². The van der Waals surface area contributed by atoms with Gasteiger partial charge < -0.3 is 10.2 Å². The SMILES string of the molecule is CN(C)[C@H](CNc1ncnc2c1cnn2-c1ccc(F)cc1)c1cccs1. The fourth-order valence-corrected chi connectivity index (χ4v) is 3.89. The van der Waals surface area contributed by atoms with Crippen molar-refractivity contribution >= 4 is 28.2 Å². The molecule has 0 fully saturated rings. The summed E-state index contributed by atoms with van der Waals surface area (Å²) in [6.07, 6.45) is 3.25. The lowest BCUT2D eigenvalue weighted by molar-refractivity contribution is 0.316. The fourth-order valence-electron chi connectivity index (χ4n) is 2.97. The van der Waals surface area contributed by atoms with Crippen molar-refractivity contribution in [1.82, 2.24) is 24.6 Å². The second kappa shape index (κ2) is 7.42. The van der Waals surface area contributed by atoms with E-state index in [2.05, 4.69) is 56.9 Å². The quantitative estimate of drug-likeness (QED) is 0.551. The molecule has 0 amide bonds. The van der Waals surface area contributed by atoms with E-state index >= 15 is 0 Å². The number of nitrogens with zero attached hydrogens (tertiary/aromatic N) is 5. The molecule has 3 heterocycles. The molecule has 27 heavy (non-hydrogen) atoms. The molecule has 0 radical (unpaired) electrons. The lowest BCUT2D eigenvalue weighted by Crippen LogP contribution is -2.26. The molecule has 3 aromatic heterocycles. The number of anilines is 1. The molecule has 1 aromatic carbocycles. The van der Waals surface area contributed by atoms with E-state index < -0.39 is 0 Å². The van der Waals surface area contributed by atoms with E-state index in [9.17, 15) is 4.39 Å². The molecule has 1 atom stereocenters. The Morgan fingerprint density at radius 3 is 2.70 bits per heavy atom. The van der Waals surface area contributed by atoms with Gasteiger partial charge in [-0.05, 0) is 49.8 Å². The Balaban J connectivity index is 1.62. The van der Waals surface area contributed by atoms with E-state index in [4.69, 9.17) is 0 Å². The molecule has 0 aliphatic heterocycles. The number of hydrogen-bond donors (Lipinski definition) is 1. The van der Waals surface area contributed by atoms with Crippen molar-refractivity contribution in [1.29, 1.82) is 0 Å². The van der Waals surface area contributed by atoms with Crippen LogP contribution in [0.2, 0.25) is 0 Å². The molecule has 0 saturated heterocycles. The van der Waals surface area contributed by atoms with Gasteiger partial charge in [0.2, 0.25) is 0 Å². The Morgan fingerprint density at radius 2 is 2.00 bits per heavy atom. The van der Waals surface area contributed by atoms with Gasteiger partial charge in [0.15, 0.2) is 5.65 Å². The standard InChI is InChI=1S/C19H19FN6S/c1-25(2)16(17-4-3-9-27-17)11-21-18-15-10-24-26(19(15)23-12-22-18)14-7-5-13(20)6-8-14/h3-10,12,16H,11H2,1-2H3,(H,21,22,23)/t16-/m1/s1. The first kappa shape index (κ1) is 17.6. The van der Waals surface area contributed by atoms with E-state index in [1.54, 1.807) is 34.3 Å². The summed E-state index contributed by atoms with van der Waals surface area (Å²) in [5.41, 5.74) is 1.43. The van der Waals surface area contributed by atoms with Crippen LogP contribution in [0.3, 0.4) is 0 Å². The second-order valence-electron chi connectivity index (χ2n) is 6.37. The van der Waals surface area contributed by atoms with Crippen LogP contribution in [0.5, 0.6) is 0 Å². The Hall–Kier alpha value is -2.84. The summed E-state index contributed by atoms with van der Waals surface area (Å²) < 4.78 is 14.9. The first-order valence-corrected chi connectivity index (χ1v) is 9.40. The van der Waals surface area contributed by atoms with Crippen LogP contribution in [-0.4, -0.2) is 45.3 Å². The smallest absolute Gasteiger partial charge is 0.168 e. The third kappa shape index (κ3) is 3.54. The second-order valence-corrected chi connectivity index (χ2v) is 7.35. The van der Waals surface area contributed by atoms with Crippen LogP contribution in [0, 0.1) is 5.82 Å². The van der Waals surface area contributed by atoms with Crippen molar-refractivity contribution in [3.05, 3.63) is 65.0 Å². The zero-order chi connectivity index (χ0) is 18.8. The van der Waals surface area contributed by atoms with Crippen LogP contribution in [0.15, 0.2) is 54.3 Å². The first-order chi connectivity index (χ1) is 13.1. The van der Waals surface area contributed by atoms with Gasteiger partial charge >= 0.3 is 0 Å². The lowest BCUT2D eigenvalue weighted by atomic mass is 10.2. The van der Waals surface area contributed by atoms with Crippen molar-refractivity contribution in [3.8, 4) is 5.69 Å². The van der Waals surface area contributed by atoms with Gasteiger partial charge in [0.1, 0.15) is 18.0 Å². The minimum absolute atomic E-state index is 0.238. The van der Waals surface area contributed by atoms with Gasteiger partial charge in [-0.25, -0.2) is 19.0 Å². The van der Waals surface area contributed by atoms with Crippen molar-refractivity contribution in [2.75, 3.05) is 26.0 Å². The molecular formula is C19H19FN6S. The van der Waals surface area contributed by atoms with Crippen LogP contribution in [-0.2, 0) is 0 Å². The predicted molar refractivity (Wildman–Crippen MR) is 106 cm³/mol. The molecule has 0 bridgehead atoms. The van der Waals surface area contributed by atoms with Gasteiger partial charge in [0, 0.05) is 11.4 Å². The number of likely N-dealkylation sites (N-methyl/N-ethyl adjacent to an activating group) is 1. The number of hydrogen-bond acceptors (Lipinski definition) is 6. The third-order valence-corrected chi connectivity index (χ3v) is 5.37. The molecule has 0 spiro atoms. The molecule has 1 N–H and O–H groups in total. The van der Waals surface area contributed by atoms with Gasteiger partial charge in [0.25, 0.3) is 0 Å². The molecule has 0 unspecified atom stereocenters. The van der Waals surface area contributed by atoms with E-state index in [0.717, 1.165) is 16.9 Å². The number of halogens is 1. The minimum atomic E-state index is -0.282. The normalized spacial score (nSPS) is 12.6. The summed E-state index contributed by atoms with van der Waals surface area (Å²) in [7, 11) is 4.13. The number of aromatic nitrogens is 4. The van der Waals surface area contributed by atoms with Gasteiger partial charge in [-0.3, -0.25) is 0 Å². The summed E-state index contributed by atoms with van der Waals surface area (Å²) in [4.78, 5) is 12.2. The summed E-state index contributed by atoms with van der Waals surface area (Å²) in [5.74, 6) is 0.451. The van der Waals surface area contributed by atoms with Gasteiger partial charge in [-0.15, -0.1) is 11.3 Å². The summed E-state index contributed by atoms with van der Waals surface area (Å²) >= 11 is 1.74. The number of thiophene rings is 1. The average molecular weight is 382 g/mol. The van der Waals surface area contributed by atoms with E-state index in [0.29, 0.717) is 12.2 Å². The number of rotatable bonds is 6. The highest BCUT2D eigenvalue weighted by atomic mass is 32.1. The van der Waals surface area contributed by atoms with Crippen LogP contribution in [0.4, 0.5) is 10.2 Å². The Morgan fingerprint density at radius 1 is 1.19 bits per heavy atom. The molecule has 4 rings (SSSR count). The monoisotopic (exact) mass is 382 g/mol. The molecule has 0 aliphatic rings. The zero-order valence-corrected chi connectivity index (χ0v) is 15.8. The highest BCUT2D eigenvalue weighted by Crippen LogP contribution is 2.26. The zero-order valence-electron chi connectivity index (χ0n) is 15.0. The third-order valence-electron chi connectivity index (χ3n) is 4.39. The molecule has 0 aliphatic carbocycles. The summed E-state index contributed by atoms with van der Waals surface area (Å²) in [5, 5.41) is 10.8. The Bertz CT molecular complexity index is 1030. The van der Waals surface area contributed by atoms with Crippen molar-refractivity contribution in [3.63, 3.8) is 0 Å². The average Bonchev–Trinajstić information content (AvgIpc) is 3.33. The van der Waals surface area contributed by atoms with Crippen LogP contribution in [0.1, 0.15) is 10.9 Å². The molecule has 138 valence electrons. The highest BCUT2D eigenvalue weighted by Gasteiger charge is 2.17. The number of nitrogens with one attached hydrogen (secondary N) is 1. The largest absolute Gasteiger partial charge is 0.367 e. The number of benzene rings is 1. The molecule has 0 saturated carbocycles. The predicted octanol–water partition coefficient (Wildman–Crippen LogP) is 3.73. The first-order valence-electron chi connectivity index (χ1n) is 8.52. The van der Waals surface area contributed by atoms with Crippen LogP contribution >= 0.6 is 11.3 Å². The van der Waals surface area contributed by atoms with Gasteiger partial charge in [-0.1, -0.05) is 6.07 Å². The topological polar surface area (TPSA) is 58.9 Å². The van der Waals surface area contributed by atoms with Crippen LogP contribution in [0.25, 0.3) is 16.7 Å². The summed E-state index contributed by atoms with van der Waals surface area (Å²) in [6, 6.07) is 10.6. The van der Waals surface area contributed by atoms with E-state index in [1.165, 1.54) is 23.3 Å². The molecule has 6 nitrogen and oxygen atoms in total. The maximum absolute atomic E-state index is 13.2. The Kier molecular flexibility index (Phi) is 4.83. The van der Waals surface area contributed by atoms with Crippen molar-refractivity contribution in [2.24, 2.45) is 0 Å². The highest BCUT2D eigenvalue weighted by molar-refractivity contribution is 7.10. The summed E-state index contributed by atoms with van der Waals surface area (Å²) in [6.45, 7) is 0.710. The van der Waals surface area contributed by atoms with E-state index in [1.807, 2.05) is 0 Å². The maximum atomic E-state index is 13.2. The van der Waals surface area contributed by atoms with Gasteiger partial charge in [0.05, 0.1) is 23.3 Å². The molecule has 8 heteroatoms.